The van der Waals surface area contributed by atoms with Crippen molar-refractivity contribution >= 4 is 29.8 Å². The number of nitrogens with one attached hydrogen (secondary N) is 1. The molecule has 0 saturated heterocycles. The van der Waals surface area contributed by atoms with Crippen molar-refractivity contribution < 1.29 is 9.90 Å². The zero-order chi connectivity index (χ0) is 12.6. The molecule has 17 heavy (non-hydrogen) atoms. The number of hydrogen-bond acceptors (Lipinski definition) is 2. The first-order valence-electron chi connectivity index (χ1n) is 4.79. The zero-order valence-electron chi connectivity index (χ0n) is 8.90. The number of hydrogen-bond donors (Lipinski definition) is 2. The third kappa shape index (κ3) is 1.99. The van der Waals surface area contributed by atoms with E-state index in [2.05, 4.69) is 4.98 Å². The third-order valence-electron chi connectivity index (χ3n) is 2.45. The van der Waals surface area contributed by atoms with Crippen LogP contribution in [0.4, 0.5) is 0 Å². The summed E-state index contributed by atoms with van der Waals surface area (Å²) in [6.45, 7) is 0. The molecule has 2 N–H and O–H groups in total. The van der Waals surface area contributed by atoms with Crippen molar-refractivity contribution in [3.63, 3.8) is 0 Å². The lowest BCUT2D eigenvalue weighted by molar-refractivity contribution is 0.0692. The number of H-pyrrole nitrogens is 1. The van der Waals surface area contributed by atoms with Crippen LogP contribution in [0.1, 0.15) is 10.5 Å². The van der Waals surface area contributed by atoms with E-state index in [1.165, 1.54) is 0 Å². The highest BCUT2D eigenvalue weighted by Crippen LogP contribution is 2.29. The SMILES string of the molecule is Cn1c(-c2ccccc2Cl)c(C(=O)O)[nH]c1=S. The van der Waals surface area contributed by atoms with Gasteiger partial charge in [-0.1, -0.05) is 29.8 Å². The Kier molecular flexibility index (Phi) is 3.04. The highest BCUT2D eigenvalue weighted by atomic mass is 35.5. The Morgan fingerprint density at radius 3 is 2.71 bits per heavy atom. The summed E-state index contributed by atoms with van der Waals surface area (Å²) >= 11 is 11.1. The summed E-state index contributed by atoms with van der Waals surface area (Å²) < 4.78 is 1.94. The van der Waals surface area contributed by atoms with Gasteiger partial charge in [0, 0.05) is 17.6 Å². The lowest BCUT2D eigenvalue weighted by Gasteiger charge is -2.06. The molecule has 0 spiro atoms. The lowest BCUT2D eigenvalue weighted by atomic mass is 10.1. The molecule has 0 amide bonds. The predicted molar refractivity (Wildman–Crippen MR) is 68.0 cm³/mol. The molecule has 0 saturated carbocycles. The van der Waals surface area contributed by atoms with Crippen molar-refractivity contribution in [3.05, 3.63) is 39.8 Å². The molecule has 2 rings (SSSR count). The molecule has 1 aromatic carbocycles. The first-order chi connectivity index (χ1) is 8.02. The summed E-state index contributed by atoms with van der Waals surface area (Å²) in [6.07, 6.45) is 0. The number of carboxylic acids is 1. The van der Waals surface area contributed by atoms with E-state index in [0.29, 0.717) is 21.1 Å². The first kappa shape index (κ1) is 11.9. The van der Waals surface area contributed by atoms with E-state index >= 15 is 0 Å². The molecule has 0 unspecified atom stereocenters. The minimum Gasteiger partial charge on any atom is -0.477 e. The van der Waals surface area contributed by atoms with Crippen LogP contribution in [-0.2, 0) is 7.05 Å². The lowest BCUT2D eigenvalue weighted by Crippen LogP contribution is -2.01. The van der Waals surface area contributed by atoms with E-state index < -0.39 is 5.97 Å². The number of aromatic nitrogens is 2. The van der Waals surface area contributed by atoms with E-state index in [4.69, 9.17) is 28.9 Å². The Labute approximate surface area is 107 Å². The monoisotopic (exact) mass is 268 g/mol. The molecule has 0 atom stereocenters. The van der Waals surface area contributed by atoms with Gasteiger partial charge < -0.3 is 14.7 Å². The number of aromatic carboxylic acids is 1. The highest BCUT2D eigenvalue weighted by Gasteiger charge is 2.19. The summed E-state index contributed by atoms with van der Waals surface area (Å²) in [5, 5.41) is 9.61. The van der Waals surface area contributed by atoms with Crippen LogP contribution in [0.2, 0.25) is 5.02 Å². The fourth-order valence-corrected chi connectivity index (χ4v) is 2.06. The Morgan fingerprint density at radius 2 is 2.12 bits per heavy atom. The van der Waals surface area contributed by atoms with E-state index in [9.17, 15) is 4.79 Å². The normalized spacial score (nSPS) is 10.5. The van der Waals surface area contributed by atoms with Gasteiger partial charge in [-0.25, -0.2) is 4.79 Å². The predicted octanol–water partition coefficient (Wildman–Crippen LogP) is 3.10. The van der Waals surface area contributed by atoms with Crippen LogP contribution in [0.15, 0.2) is 24.3 Å². The average Bonchev–Trinajstić information content (AvgIpc) is 2.57. The number of aromatic amines is 1. The molecule has 6 heteroatoms. The Balaban J connectivity index is 2.79. The Bertz CT molecular complexity index is 645. The van der Waals surface area contributed by atoms with Gasteiger partial charge in [0.2, 0.25) is 0 Å². The summed E-state index contributed by atoms with van der Waals surface area (Å²) in [4.78, 5) is 13.8. The number of benzene rings is 1. The van der Waals surface area contributed by atoms with Gasteiger partial charge in [-0.3, -0.25) is 0 Å². The molecule has 0 aliphatic carbocycles. The summed E-state index contributed by atoms with van der Waals surface area (Å²) in [6, 6.07) is 7.04. The van der Waals surface area contributed by atoms with Crippen molar-refractivity contribution in [2.45, 2.75) is 0 Å². The number of carbonyl (C=O) groups is 1. The second-order valence-electron chi connectivity index (χ2n) is 3.50. The number of imidazole rings is 1. The van der Waals surface area contributed by atoms with E-state index in [0.717, 1.165) is 0 Å². The summed E-state index contributed by atoms with van der Waals surface area (Å²) in [5.74, 6) is -1.06. The molecular weight excluding hydrogens is 260 g/mol. The van der Waals surface area contributed by atoms with Gasteiger partial charge in [0.05, 0.1) is 5.69 Å². The van der Waals surface area contributed by atoms with Gasteiger partial charge in [-0.2, -0.15) is 0 Å². The number of halogens is 1. The largest absolute Gasteiger partial charge is 0.477 e. The maximum Gasteiger partial charge on any atom is 0.354 e. The maximum atomic E-state index is 11.1. The molecule has 1 aromatic heterocycles. The van der Waals surface area contributed by atoms with Crippen molar-refractivity contribution in [1.29, 1.82) is 0 Å². The van der Waals surface area contributed by atoms with E-state index in [-0.39, 0.29) is 5.69 Å². The molecular formula is C11H9ClN2O2S. The van der Waals surface area contributed by atoms with Gasteiger partial charge >= 0.3 is 5.97 Å². The van der Waals surface area contributed by atoms with Crippen molar-refractivity contribution in [2.24, 2.45) is 7.05 Å². The molecule has 4 nitrogen and oxygen atoms in total. The molecule has 0 bridgehead atoms. The van der Waals surface area contributed by atoms with Gasteiger partial charge in [-0.05, 0) is 18.3 Å². The van der Waals surface area contributed by atoms with Crippen LogP contribution >= 0.6 is 23.8 Å². The standard InChI is InChI=1S/C11H9ClN2O2S/c1-14-9(6-4-2-3-5-7(6)12)8(10(15)16)13-11(14)17/h2-5H,1H3,(H,13,17)(H,15,16). The van der Waals surface area contributed by atoms with Crippen LogP contribution in [0.3, 0.4) is 0 Å². The number of nitrogens with zero attached hydrogens (tertiary/aromatic N) is 1. The molecule has 88 valence electrons. The second kappa shape index (κ2) is 4.35. The topological polar surface area (TPSA) is 58.0 Å². The van der Waals surface area contributed by atoms with Crippen molar-refractivity contribution in [1.82, 2.24) is 9.55 Å². The van der Waals surface area contributed by atoms with Crippen LogP contribution in [0.25, 0.3) is 11.3 Å². The zero-order valence-corrected chi connectivity index (χ0v) is 10.5. The summed E-state index contributed by atoms with van der Waals surface area (Å²) in [5.41, 5.74) is 1.17. The van der Waals surface area contributed by atoms with Crippen LogP contribution in [-0.4, -0.2) is 20.6 Å². The van der Waals surface area contributed by atoms with Crippen LogP contribution in [0, 0.1) is 4.77 Å². The molecule has 0 fully saturated rings. The van der Waals surface area contributed by atoms with Gasteiger partial charge in [-0.15, -0.1) is 0 Å². The van der Waals surface area contributed by atoms with E-state index in [1.54, 1.807) is 35.9 Å². The third-order valence-corrected chi connectivity index (χ3v) is 3.16. The smallest absolute Gasteiger partial charge is 0.354 e. The molecule has 0 radical (unpaired) electrons. The summed E-state index contributed by atoms with van der Waals surface area (Å²) in [7, 11) is 1.70. The van der Waals surface area contributed by atoms with Gasteiger partial charge in [0.1, 0.15) is 0 Å². The van der Waals surface area contributed by atoms with Gasteiger partial charge in [0.15, 0.2) is 10.5 Å². The molecule has 0 aliphatic rings. The minimum atomic E-state index is -1.06. The van der Waals surface area contributed by atoms with Crippen LogP contribution in [0.5, 0.6) is 0 Å². The average molecular weight is 269 g/mol. The Morgan fingerprint density at radius 1 is 1.47 bits per heavy atom. The quantitative estimate of drug-likeness (QED) is 0.823. The maximum absolute atomic E-state index is 11.1. The molecule has 2 aromatic rings. The van der Waals surface area contributed by atoms with Crippen molar-refractivity contribution in [3.8, 4) is 11.3 Å². The minimum absolute atomic E-state index is 0.0469. The fraction of sp³-hybridized carbons (Fsp3) is 0.0909. The van der Waals surface area contributed by atoms with E-state index in [1.807, 2.05) is 0 Å². The number of carboxylic acid groups (broad SMARTS) is 1. The fourth-order valence-electron chi connectivity index (χ4n) is 1.64. The molecule has 1 heterocycles. The van der Waals surface area contributed by atoms with Crippen LogP contribution < -0.4 is 0 Å². The van der Waals surface area contributed by atoms with Crippen molar-refractivity contribution in [2.75, 3.05) is 0 Å². The Hall–Kier alpha value is -1.59. The molecule has 0 aliphatic heterocycles. The second-order valence-corrected chi connectivity index (χ2v) is 4.29. The highest BCUT2D eigenvalue weighted by molar-refractivity contribution is 7.71. The number of rotatable bonds is 2. The first-order valence-corrected chi connectivity index (χ1v) is 5.58. The van der Waals surface area contributed by atoms with Gasteiger partial charge in [0.25, 0.3) is 0 Å².